The van der Waals surface area contributed by atoms with Crippen LogP contribution < -0.4 is 0 Å². The van der Waals surface area contributed by atoms with E-state index in [0.29, 0.717) is 17.5 Å². The molecule has 0 fully saturated rings. The molecule has 0 saturated carbocycles. The second-order valence-electron chi connectivity index (χ2n) is 4.72. The fourth-order valence-corrected chi connectivity index (χ4v) is 2.81. The Morgan fingerprint density at radius 1 is 1.00 bits per heavy atom. The summed E-state index contributed by atoms with van der Waals surface area (Å²) in [4.78, 5) is 0. The number of phenolic OH excluding ortho intramolecular Hbond substituents is 1. The first-order valence-corrected chi connectivity index (χ1v) is 7.58. The molecular formula is C16H16BrClO. The van der Waals surface area contributed by atoms with Crippen molar-refractivity contribution < 1.29 is 5.11 Å². The van der Waals surface area contributed by atoms with E-state index in [-0.39, 0.29) is 0 Å². The van der Waals surface area contributed by atoms with Crippen molar-refractivity contribution in [2.75, 3.05) is 5.88 Å². The van der Waals surface area contributed by atoms with E-state index < -0.39 is 0 Å². The minimum Gasteiger partial charge on any atom is -0.508 e. The normalized spacial score (nSPS) is 12.3. The third-order valence-electron chi connectivity index (χ3n) is 3.09. The topological polar surface area (TPSA) is 20.2 Å². The Bertz CT molecular complexity index is 525. The molecule has 0 saturated heterocycles. The predicted molar refractivity (Wildman–Crippen MR) is 83.9 cm³/mol. The summed E-state index contributed by atoms with van der Waals surface area (Å²) in [5, 5.41) is 9.28. The molecule has 0 aliphatic rings. The van der Waals surface area contributed by atoms with Gasteiger partial charge in [0.1, 0.15) is 5.75 Å². The van der Waals surface area contributed by atoms with E-state index in [1.54, 1.807) is 12.1 Å². The second kappa shape index (κ2) is 6.97. The summed E-state index contributed by atoms with van der Waals surface area (Å²) in [6, 6.07) is 15.7. The molecule has 0 bridgehead atoms. The molecule has 2 aromatic carbocycles. The summed E-state index contributed by atoms with van der Waals surface area (Å²) in [6.45, 7) is 0. The molecular weight excluding hydrogens is 324 g/mol. The van der Waals surface area contributed by atoms with E-state index >= 15 is 0 Å². The maximum atomic E-state index is 9.28. The second-order valence-corrected chi connectivity index (χ2v) is 5.95. The van der Waals surface area contributed by atoms with Gasteiger partial charge in [-0.15, -0.1) is 11.6 Å². The first-order valence-electron chi connectivity index (χ1n) is 6.25. The zero-order chi connectivity index (χ0) is 13.7. The van der Waals surface area contributed by atoms with Crippen molar-refractivity contribution in [2.24, 2.45) is 5.92 Å². The van der Waals surface area contributed by atoms with Crippen LogP contribution in [0.5, 0.6) is 5.75 Å². The van der Waals surface area contributed by atoms with Crippen LogP contribution in [0.3, 0.4) is 0 Å². The molecule has 3 heteroatoms. The lowest BCUT2D eigenvalue weighted by Gasteiger charge is -2.14. The van der Waals surface area contributed by atoms with Gasteiger partial charge in [-0.3, -0.25) is 0 Å². The maximum Gasteiger partial charge on any atom is 0.115 e. The van der Waals surface area contributed by atoms with Crippen molar-refractivity contribution in [1.82, 2.24) is 0 Å². The Kier molecular flexibility index (Phi) is 5.29. The third-order valence-corrected chi connectivity index (χ3v) is 4.02. The van der Waals surface area contributed by atoms with E-state index in [1.807, 2.05) is 24.3 Å². The van der Waals surface area contributed by atoms with Gasteiger partial charge in [-0.2, -0.15) is 0 Å². The Hall–Kier alpha value is -0.990. The molecule has 0 heterocycles. The molecule has 0 radical (unpaired) electrons. The molecule has 0 aliphatic heterocycles. The van der Waals surface area contributed by atoms with Crippen LogP contribution in [0.4, 0.5) is 0 Å². The van der Waals surface area contributed by atoms with Gasteiger partial charge < -0.3 is 5.11 Å². The monoisotopic (exact) mass is 338 g/mol. The highest BCUT2D eigenvalue weighted by atomic mass is 79.9. The van der Waals surface area contributed by atoms with E-state index in [1.165, 1.54) is 11.1 Å². The van der Waals surface area contributed by atoms with E-state index in [2.05, 4.69) is 28.1 Å². The molecule has 0 spiro atoms. The van der Waals surface area contributed by atoms with Crippen LogP contribution in [0.1, 0.15) is 11.1 Å². The van der Waals surface area contributed by atoms with Crippen molar-refractivity contribution in [1.29, 1.82) is 0 Å². The lowest BCUT2D eigenvalue weighted by atomic mass is 9.94. The third kappa shape index (κ3) is 4.55. The van der Waals surface area contributed by atoms with Crippen LogP contribution in [0.15, 0.2) is 53.0 Å². The molecule has 100 valence electrons. The molecule has 2 rings (SSSR count). The Morgan fingerprint density at radius 2 is 1.68 bits per heavy atom. The molecule has 0 aliphatic carbocycles. The van der Waals surface area contributed by atoms with Crippen molar-refractivity contribution in [3.05, 3.63) is 64.1 Å². The SMILES string of the molecule is Oc1ccc(CC(CCl)Cc2cccc(Br)c2)cc1. The minimum absolute atomic E-state index is 0.304. The van der Waals surface area contributed by atoms with Crippen LogP contribution >= 0.6 is 27.5 Å². The quantitative estimate of drug-likeness (QED) is 0.776. The fourth-order valence-electron chi connectivity index (χ4n) is 2.14. The number of alkyl halides is 1. The Balaban J connectivity index is 2.02. The zero-order valence-electron chi connectivity index (χ0n) is 10.5. The summed E-state index contributed by atoms with van der Waals surface area (Å²) in [5.74, 6) is 1.34. The number of aromatic hydroxyl groups is 1. The maximum absolute atomic E-state index is 9.28. The van der Waals surface area contributed by atoms with Crippen molar-refractivity contribution >= 4 is 27.5 Å². The van der Waals surface area contributed by atoms with Gasteiger partial charge in [0.2, 0.25) is 0 Å². The largest absolute Gasteiger partial charge is 0.508 e. The molecule has 1 unspecified atom stereocenters. The van der Waals surface area contributed by atoms with Crippen molar-refractivity contribution in [3.63, 3.8) is 0 Å². The van der Waals surface area contributed by atoms with Gasteiger partial charge in [0, 0.05) is 10.4 Å². The van der Waals surface area contributed by atoms with Gasteiger partial charge in [0.15, 0.2) is 0 Å². The average Bonchev–Trinajstić information content (AvgIpc) is 2.40. The van der Waals surface area contributed by atoms with Crippen LogP contribution in [0, 0.1) is 5.92 Å². The average molecular weight is 340 g/mol. The predicted octanol–water partition coefficient (Wildman–Crippen LogP) is 4.79. The van der Waals surface area contributed by atoms with Gasteiger partial charge in [0.05, 0.1) is 0 Å². The first kappa shape index (κ1) is 14.4. The standard InChI is InChI=1S/C16H16BrClO/c17-15-3-1-2-13(10-15)9-14(11-18)8-12-4-6-16(19)7-5-12/h1-7,10,14,19H,8-9,11H2. The number of hydrogen-bond acceptors (Lipinski definition) is 1. The van der Waals surface area contributed by atoms with Crippen LogP contribution in [0.2, 0.25) is 0 Å². The highest BCUT2D eigenvalue weighted by Gasteiger charge is 2.10. The number of benzene rings is 2. The minimum atomic E-state index is 0.304. The van der Waals surface area contributed by atoms with E-state index in [9.17, 15) is 5.11 Å². The highest BCUT2D eigenvalue weighted by molar-refractivity contribution is 9.10. The van der Waals surface area contributed by atoms with Crippen molar-refractivity contribution in [3.8, 4) is 5.75 Å². The molecule has 1 N–H and O–H groups in total. The summed E-state index contributed by atoms with van der Waals surface area (Å²) in [6.07, 6.45) is 1.89. The fraction of sp³-hybridized carbons (Fsp3) is 0.250. The lowest BCUT2D eigenvalue weighted by molar-refractivity contribution is 0.474. The molecule has 1 atom stereocenters. The zero-order valence-corrected chi connectivity index (χ0v) is 12.9. The van der Waals surface area contributed by atoms with Gasteiger partial charge in [-0.25, -0.2) is 0 Å². The van der Waals surface area contributed by atoms with Crippen LogP contribution in [0.25, 0.3) is 0 Å². The van der Waals surface area contributed by atoms with E-state index in [4.69, 9.17) is 11.6 Å². The van der Waals surface area contributed by atoms with Gasteiger partial charge in [0.25, 0.3) is 0 Å². The molecule has 0 aromatic heterocycles. The van der Waals surface area contributed by atoms with Crippen molar-refractivity contribution in [2.45, 2.75) is 12.8 Å². The number of phenols is 1. The summed E-state index contributed by atoms with van der Waals surface area (Å²) < 4.78 is 1.10. The smallest absolute Gasteiger partial charge is 0.115 e. The molecule has 2 aromatic rings. The number of hydrogen-bond donors (Lipinski definition) is 1. The summed E-state index contributed by atoms with van der Waals surface area (Å²) in [5.41, 5.74) is 2.50. The molecule has 19 heavy (non-hydrogen) atoms. The summed E-state index contributed by atoms with van der Waals surface area (Å²) >= 11 is 9.57. The lowest BCUT2D eigenvalue weighted by Crippen LogP contribution is -2.10. The number of halogens is 2. The van der Waals surface area contributed by atoms with Crippen LogP contribution in [-0.4, -0.2) is 11.0 Å². The number of rotatable bonds is 5. The summed E-state index contributed by atoms with van der Waals surface area (Å²) in [7, 11) is 0. The molecule has 1 nitrogen and oxygen atoms in total. The Labute approximate surface area is 127 Å². The first-order chi connectivity index (χ1) is 9.17. The molecule has 0 amide bonds. The highest BCUT2D eigenvalue weighted by Crippen LogP contribution is 2.20. The van der Waals surface area contributed by atoms with Crippen LogP contribution in [-0.2, 0) is 12.8 Å². The van der Waals surface area contributed by atoms with Gasteiger partial charge in [-0.05, 0) is 54.2 Å². The Morgan fingerprint density at radius 3 is 2.32 bits per heavy atom. The van der Waals surface area contributed by atoms with E-state index in [0.717, 1.165) is 17.3 Å². The van der Waals surface area contributed by atoms with Gasteiger partial charge >= 0.3 is 0 Å². The van der Waals surface area contributed by atoms with Gasteiger partial charge in [-0.1, -0.05) is 40.2 Å².